The van der Waals surface area contributed by atoms with E-state index in [0.717, 1.165) is 30.6 Å². The molecule has 0 radical (unpaired) electrons. The van der Waals surface area contributed by atoms with Gasteiger partial charge in [0, 0.05) is 5.69 Å². The highest BCUT2D eigenvalue weighted by Gasteiger charge is 2.21. The quantitative estimate of drug-likeness (QED) is 0.769. The van der Waals surface area contributed by atoms with Crippen LogP contribution in [0, 0.1) is 6.92 Å². The number of anilines is 1. The molecule has 3 heteroatoms. The van der Waals surface area contributed by atoms with Crippen LogP contribution in [0.1, 0.15) is 18.4 Å². The summed E-state index contributed by atoms with van der Waals surface area (Å²) in [5.74, 6) is 0.0816. The van der Waals surface area contributed by atoms with Crippen molar-refractivity contribution in [2.24, 2.45) is 0 Å². The highest BCUT2D eigenvalue weighted by Crippen LogP contribution is 2.12. The lowest BCUT2D eigenvalue weighted by Crippen LogP contribution is -2.35. The number of rotatable bonds is 2. The summed E-state index contributed by atoms with van der Waals surface area (Å²) < 4.78 is 0. The third kappa shape index (κ3) is 2.57. The Morgan fingerprint density at radius 1 is 1.53 bits per heavy atom. The van der Waals surface area contributed by atoms with E-state index in [1.54, 1.807) is 0 Å². The second-order valence-electron chi connectivity index (χ2n) is 4.01. The monoisotopic (exact) mass is 204 g/mol. The fraction of sp³-hybridized carbons (Fsp3) is 0.417. The number of hydrogen-bond acceptors (Lipinski definition) is 2. The number of aryl methyl sites for hydroxylation is 1. The maximum atomic E-state index is 11.8. The molecule has 80 valence electrons. The first-order valence-corrected chi connectivity index (χ1v) is 5.36. The lowest BCUT2D eigenvalue weighted by molar-refractivity contribution is -0.117. The molecule has 15 heavy (non-hydrogen) atoms. The Hall–Kier alpha value is -1.35. The molecule has 0 saturated carbocycles. The maximum absolute atomic E-state index is 11.8. The van der Waals surface area contributed by atoms with Gasteiger partial charge in [-0.1, -0.05) is 12.1 Å². The summed E-state index contributed by atoms with van der Waals surface area (Å²) in [7, 11) is 0. The summed E-state index contributed by atoms with van der Waals surface area (Å²) in [5, 5.41) is 6.10. The van der Waals surface area contributed by atoms with Crippen LogP contribution in [0.3, 0.4) is 0 Å². The minimum Gasteiger partial charge on any atom is -0.325 e. The number of hydrogen-bond donors (Lipinski definition) is 2. The first-order valence-electron chi connectivity index (χ1n) is 5.36. The largest absolute Gasteiger partial charge is 0.325 e. The average Bonchev–Trinajstić information content (AvgIpc) is 2.70. The smallest absolute Gasteiger partial charge is 0.241 e. The SMILES string of the molecule is Cc1cccc(NC(=O)[C@H]2CCCN2)c1. The van der Waals surface area contributed by atoms with Gasteiger partial charge in [0.25, 0.3) is 0 Å². The third-order valence-electron chi connectivity index (χ3n) is 2.66. The van der Waals surface area contributed by atoms with Crippen LogP contribution >= 0.6 is 0 Å². The molecule has 1 amide bonds. The summed E-state index contributed by atoms with van der Waals surface area (Å²) >= 11 is 0. The summed E-state index contributed by atoms with van der Waals surface area (Å²) in [5.41, 5.74) is 2.04. The van der Waals surface area contributed by atoms with Crippen molar-refractivity contribution in [2.45, 2.75) is 25.8 Å². The highest BCUT2D eigenvalue weighted by atomic mass is 16.2. The standard InChI is InChI=1S/C12H16N2O/c1-9-4-2-5-10(8-9)14-12(15)11-6-3-7-13-11/h2,4-5,8,11,13H,3,6-7H2,1H3,(H,14,15)/t11-/m1/s1. The molecule has 0 aromatic heterocycles. The molecule has 0 spiro atoms. The van der Waals surface area contributed by atoms with Gasteiger partial charge in [-0.15, -0.1) is 0 Å². The van der Waals surface area contributed by atoms with Gasteiger partial charge >= 0.3 is 0 Å². The second kappa shape index (κ2) is 4.45. The molecule has 0 bridgehead atoms. The zero-order valence-corrected chi connectivity index (χ0v) is 8.92. The lowest BCUT2D eigenvalue weighted by atomic mass is 10.2. The van der Waals surface area contributed by atoms with Gasteiger partial charge in [-0.05, 0) is 44.0 Å². The third-order valence-corrected chi connectivity index (χ3v) is 2.66. The molecule has 1 saturated heterocycles. The van der Waals surface area contributed by atoms with Crippen molar-refractivity contribution in [3.63, 3.8) is 0 Å². The zero-order valence-electron chi connectivity index (χ0n) is 8.92. The summed E-state index contributed by atoms with van der Waals surface area (Å²) in [6.45, 7) is 2.97. The van der Waals surface area contributed by atoms with Crippen molar-refractivity contribution in [3.8, 4) is 0 Å². The van der Waals surface area contributed by atoms with E-state index in [1.807, 2.05) is 31.2 Å². The van der Waals surface area contributed by atoms with E-state index < -0.39 is 0 Å². The van der Waals surface area contributed by atoms with Crippen LogP contribution in [-0.2, 0) is 4.79 Å². The van der Waals surface area contributed by atoms with Crippen molar-refractivity contribution in [2.75, 3.05) is 11.9 Å². The van der Waals surface area contributed by atoms with Gasteiger partial charge < -0.3 is 10.6 Å². The summed E-state index contributed by atoms with van der Waals surface area (Å²) in [4.78, 5) is 11.8. The minimum absolute atomic E-state index is 0.00878. The molecular formula is C12H16N2O. The molecule has 1 aromatic carbocycles. The second-order valence-corrected chi connectivity index (χ2v) is 4.01. The number of benzene rings is 1. The summed E-state index contributed by atoms with van der Waals surface area (Å²) in [6.07, 6.45) is 2.03. The van der Waals surface area contributed by atoms with Crippen LogP contribution in [0.2, 0.25) is 0 Å². The molecule has 0 unspecified atom stereocenters. The van der Waals surface area contributed by atoms with E-state index in [0.29, 0.717) is 0 Å². The Labute approximate surface area is 89.9 Å². The predicted octanol–water partition coefficient (Wildman–Crippen LogP) is 1.69. The Bertz CT molecular complexity index is 356. The van der Waals surface area contributed by atoms with Crippen molar-refractivity contribution < 1.29 is 4.79 Å². The zero-order chi connectivity index (χ0) is 10.7. The van der Waals surface area contributed by atoms with Crippen LogP contribution in [0.25, 0.3) is 0 Å². The van der Waals surface area contributed by atoms with Crippen LogP contribution in [0.15, 0.2) is 24.3 Å². The molecule has 1 fully saturated rings. The minimum atomic E-state index is -0.00878. The van der Waals surface area contributed by atoms with E-state index >= 15 is 0 Å². The Balaban J connectivity index is 1.99. The van der Waals surface area contributed by atoms with Gasteiger partial charge in [0.2, 0.25) is 5.91 Å². The molecule has 1 heterocycles. The Morgan fingerprint density at radius 2 is 2.40 bits per heavy atom. The van der Waals surface area contributed by atoms with Crippen LogP contribution in [0.5, 0.6) is 0 Å². The first kappa shape index (κ1) is 10.2. The van der Waals surface area contributed by atoms with E-state index in [1.165, 1.54) is 0 Å². The van der Waals surface area contributed by atoms with Gasteiger partial charge in [0.1, 0.15) is 0 Å². The van der Waals surface area contributed by atoms with Gasteiger partial charge in [-0.25, -0.2) is 0 Å². The van der Waals surface area contributed by atoms with Crippen molar-refractivity contribution in [1.29, 1.82) is 0 Å². The number of carbonyl (C=O) groups is 1. The summed E-state index contributed by atoms with van der Waals surface area (Å²) in [6, 6.07) is 7.86. The van der Waals surface area contributed by atoms with E-state index in [9.17, 15) is 4.79 Å². The van der Waals surface area contributed by atoms with Gasteiger partial charge in [0.15, 0.2) is 0 Å². The van der Waals surface area contributed by atoms with Crippen LogP contribution in [-0.4, -0.2) is 18.5 Å². The highest BCUT2D eigenvalue weighted by molar-refractivity contribution is 5.95. The maximum Gasteiger partial charge on any atom is 0.241 e. The number of carbonyl (C=O) groups excluding carboxylic acids is 1. The van der Waals surface area contributed by atoms with Crippen molar-refractivity contribution in [3.05, 3.63) is 29.8 Å². The molecule has 2 rings (SSSR count). The molecule has 3 nitrogen and oxygen atoms in total. The van der Waals surface area contributed by atoms with E-state index in [2.05, 4.69) is 10.6 Å². The van der Waals surface area contributed by atoms with Crippen molar-refractivity contribution in [1.82, 2.24) is 5.32 Å². The molecule has 1 aromatic rings. The van der Waals surface area contributed by atoms with Crippen LogP contribution in [0.4, 0.5) is 5.69 Å². The van der Waals surface area contributed by atoms with E-state index in [-0.39, 0.29) is 11.9 Å². The van der Waals surface area contributed by atoms with Crippen molar-refractivity contribution >= 4 is 11.6 Å². The molecule has 2 N–H and O–H groups in total. The molecule has 1 atom stereocenters. The van der Waals surface area contributed by atoms with Gasteiger partial charge in [-0.2, -0.15) is 0 Å². The number of amides is 1. The molecule has 0 aliphatic carbocycles. The fourth-order valence-corrected chi connectivity index (χ4v) is 1.86. The normalized spacial score (nSPS) is 20.2. The fourth-order valence-electron chi connectivity index (χ4n) is 1.86. The number of nitrogens with one attached hydrogen (secondary N) is 2. The lowest BCUT2D eigenvalue weighted by Gasteiger charge is -2.11. The van der Waals surface area contributed by atoms with E-state index in [4.69, 9.17) is 0 Å². The molecule has 1 aliphatic heterocycles. The predicted molar refractivity (Wildman–Crippen MR) is 60.8 cm³/mol. The molecular weight excluding hydrogens is 188 g/mol. The Morgan fingerprint density at radius 3 is 3.07 bits per heavy atom. The average molecular weight is 204 g/mol. The first-order chi connectivity index (χ1) is 7.25. The van der Waals surface area contributed by atoms with Gasteiger partial charge in [0.05, 0.1) is 6.04 Å². The Kier molecular flexibility index (Phi) is 3.02. The van der Waals surface area contributed by atoms with Gasteiger partial charge in [-0.3, -0.25) is 4.79 Å². The van der Waals surface area contributed by atoms with Crippen LogP contribution < -0.4 is 10.6 Å². The molecule has 1 aliphatic rings. The topological polar surface area (TPSA) is 41.1 Å².